The summed E-state index contributed by atoms with van der Waals surface area (Å²) in [5.41, 5.74) is 11.8. The van der Waals surface area contributed by atoms with E-state index >= 15 is 0 Å². The summed E-state index contributed by atoms with van der Waals surface area (Å²) in [6, 6.07) is 27.7. The summed E-state index contributed by atoms with van der Waals surface area (Å²) in [6.45, 7) is 3.82. The highest BCUT2D eigenvalue weighted by Crippen LogP contribution is 2.30. The average molecular weight is 843 g/mol. The highest BCUT2D eigenvalue weighted by atomic mass is 19.1. The fourth-order valence-electron chi connectivity index (χ4n) is 7.73. The summed E-state index contributed by atoms with van der Waals surface area (Å²) in [5, 5.41) is 0. The van der Waals surface area contributed by atoms with Crippen LogP contribution < -0.4 is 4.74 Å². The Bertz CT molecular complexity index is 3260. The lowest BCUT2D eigenvalue weighted by atomic mass is 10.1. The van der Waals surface area contributed by atoms with Crippen molar-refractivity contribution in [3.8, 4) is 39.9 Å². The highest BCUT2D eigenvalue weighted by molar-refractivity contribution is 5.83. The number of imidazole rings is 4. The molecule has 0 aliphatic carbocycles. The van der Waals surface area contributed by atoms with E-state index < -0.39 is 0 Å². The van der Waals surface area contributed by atoms with E-state index in [2.05, 4.69) is 26.0 Å². The summed E-state index contributed by atoms with van der Waals surface area (Å²) < 4.78 is 54.7. The average Bonchev–Trinajstić information content (AvgIpc) is 4.08. The predicted molar refractivity (Wildman–Crippen MR) is 237 cm³/mol. The van der Waals surface area contributed by atoms with Gasteiger partial charge in [0.15, 0.2) is 0 Å². The lowest BCUT2D eigenvalue weighted by Gasteiger charge is -2.11. The van der Waals surface area contributed by atoms with Crippen LogP contribution in [0.3, 0.4) is 0 Å². The molecule has 6 aromatic heterocycles. The Kier molecular flexibility index (Phi) is 10.9. The minimum absolute atomic E-state index is 0.266. The SMILES string of the molecule is COc1cc(Cc2nccc3c2nc(-c2ccc(F)cc2)n3C)ccc1-n1cnc(C)c1.Cc1cn(-c2ccc(Cc3nccc4c3nc(-c3ccc(F)cc3)n4C)cc2F)cn1. The minimum atomic E-state index is -0.324. The van der Waals surface area contributed by atoms with E-state index in [1.165, 1.54) is 30.3 Å². The molecule has 0 unspecified atom stereocenters. The van der Waals surface area contributed by atoms with Crippen LogP contribution in [0.15, 0.2) is 135 Å². The van der Waals surface area contributed by atoms with Crippen molar-refractivity contribution >= 4 is 22.1 Å². The summed E-state index contributed by atoms with van der Waals surface area (Å²) >= 11 is 0. The van der Waals surface area contributed by atoms with Crippen molar-refractivity contribution < 1.29 is 17.9 Å². The molecule has 4 aromatic carbocycles. The van der Waals surface area contributed by atoms with E-state index in [-0.39, 0.29) is 17.5 Å². The zero-order valence-electron chi connectivity index (χ0n) is 35.1. The number of rotatable bonds is 9. The normalized spacial score (nSPS) is 11.3. The molecule has 0 radical (unpaired) electrons. The topological polar surface area (TPSA) is 106 Å². The number of aryl methyl sites for hydroxylation is 4. The predicted octanol–water partition coefficient (Wildman–Crippen LogP) is 9.87. The number of hydrogen-bond donors (Lipinski definition) is 0. The largest absolute Gasteiger partial charge is 0.495 e. The molecule has 0 aliphatic heterocycles. The number of benzene rings is 4. The van der Waals surface area contributed by atoms with Crippen LogP contribution in [0.2, 0.25) is 0 Å². The van der Waals surface area contributed by atoms with Gasteiger partial charge in [-0.15, -0.1) is 0 Å². The van der Waals surface area contributed by atoms with Crippen molar-refractivity contribution in [2.24, 2.45) is 14.1 Å². The van der Waals surface area contributed by atoms with Gasteiger partial charge in [-0.2, -0.15) is 0 Å². The van der Waals surface area contributed by atoms with Crippen LogP contribution in [-0.4, -0.2) is 55.3 Å². The number of fused-ring (bicyclic) bond motifs is 2. The fraction of sp³-hybridized carbons (Fsp3) is 0.143. The maximum absolute atomic E-state index is 14.8. The quantitative estimate of drug-likeness (QED) is 0.143. The molecule has 0 saturated heterocycles. The molecule has 0 atom stereocenters. The Labute approximate surface area is 360 Å². The number of halogens is 3. The van der Waals surface area contributed by atoms with E-state index in [4.69, 9.17) is 14.7 Å². The van der Waals surface area contributed by atoms with E-state index in [0.29, 0.717) is 18.5 Å². The maximum Gasteiger partial charge on any atom is 0.147 e. The number of nitrogens with zero attached hydrogens (tertiary/aromatic N) is 10. The third-order valence-corrected chi connectivity index (χ3v) is 10.9. The van der Waals surface area contributed by atoms with Gasteiger partial charge < -0.3 is 23.0 Å². The Hall–Kier alpha value is -7.87. The van der Waals surface area contributed by atoms with Crippen molar-refractivity contribution in [2.45, 2.75) is 26.7 Å². The summed E-state index contributed by atoms with van der Waals surface area (Å²) in [5.74, 6) is 1.38. The molecule has 0 spiro atoms. The van der Waals surface area contributed by atoms with Crippen molar-refractivity contribution in [3.63, 3.8) is 0 Å². The zero-order chi connectivity index (χ0) is 43.8. The van der Waals surface area contributed by atoms with Crippen LogP contribution in [0.25, 0.3) is 56.2 Å². The van der Waals surface area contributed by atoms with E-state index in [0.717, 1.165) is 90.2 Å². The number of pyridine rings is 2. The molecule has 10 rings (SSSR count). The molecule has 0 fully saturated rings. The number of methoxy groups -OCH3 is 1. The van der Waals surface area contributed by atoms with Crippen molar-refractivity contribution in [3.05, 3.63) is 186 Å². The van der Waals surface area contributed by atoms with Gasteiger partial charge in [0.2, 0.25) is 0 Å². The van der Waals surface area contributed by atoms with Gasteiger partial charge in [-0.25, -0.2) is 33.1 Å². The van der Waals surface area contributed by atoms with Gasteiger partial charge in [0.05, 0.1) is 64.9 Å². The molecule has 11 nitrogen and oxygen atoms in total. The number of hydrogen-bond acceptors (Lipinski definition) is 7. The van der Waals surface area contributed by atoms with Crippen LogP contribution in [-0.2, 0) is 26.9 Å². The molecule has 314 valence electrons. The van der Waals surface area contributed by atoms with Crippen LogP contribution in [0.4, 0.5) is 13.2 Å². The first-order chi connectivity index (χ1) is 30.5. The molecular weight excluding hydrogens is 802 g/mol. The van der Waals surface area contributed by atoms with Crippen molar-refractivity contribution in [2.75, 3.05) is 7.11 Å². The lowest BCUT2D eigenvalue weighted by Crippen LogP contribution is -1.99. The molecule has 6 heterocycles. The molecule has 0 bridgehead atoms. The Morgan fingerprint density at radius 3 is 1.44 bits per heavy atom. The second-order valence-electron chi connectivity index (χ2n) is 15.2. The van der Waals surface area contributed by atoms with Gasteiger partial charge >= 0.3 is 0 Å². The van der Waals surface area contributed by atoms with E-state index in [1.54, 1.807) is 73.3 Å². The van der Waals surface area contributed by atoms with Gasteiger partial charge in [0.25, 0.3) is 0 Å². The van der Waals surface area contributed by atoms with Crippen LogP contribution in [0.5, 0.6) is 5.75 Å². The summed E-state index contributed by atoms with van der Waals surface area (Å²) in [6.07, 6.45) is 11.7. The Morgan fingerprint density at radius 1 is 0.540 bits per heavy atom. The first-order valence-corrected chi connectivity index (χ1v) is 20.1. The monoisotopic (exact) mass is 842 g/mol. The molecule has 63 heavy (non-hydrogen) atoms. The molecule has 0 N–H and O–H groups in total. The molecule has 14 heteroatoms. The third-order valence-electron chi connectivity index (χ3n) is 10.9. The smallest absolute Gasteiger partial charge is 0.147 e. The number of aromatic nitrogens is 10. The van der Waals surface area contributed by atoms with Gasteiger partial charge in [-0.05, 0) is 110 Å². The van der Waals surface area contributed by atoms with Gasteiger partial charge in [-0.3, -0.25) is 9.97 Å². The van der Waals surface area contributed by atoms with Crippen LogP contribution in [0.1, 0.15) is 33.9 Å². The van der Waals surface area contributed by atoms with Crippen LogP contribution in [0, 0.1) is 31.3 Å². The summed E-state index contributed by atoms with van der Waals surface area (Å²) in [7, 11) is 5.54. The maximum atomic E-state index is 14.8. The van der Waals surface area contributed by atoms with Crippen molar-refractivity contribution in [1.82, 2.24) is 48.2 Å². The molecule has 0 amide bonds. The van der Waals surface area contributed by atoms with Gasteiger partial charge in [0.1, 0.15) is 45.9 Å². The lowest BCUT2D eigenvalue weighted by molar-refractivity contribution is 0.412. The molecule has 10 aromatic rings. The van der Waals surface area contributed by atoms with E-state index in [1.807, 2.05) is 78.2 Å². The highest BCUT2D eigenvalue weighted by Gasteiger charge is 2.17. The first kappa shape index (κ1) is 40.5. The summed E-state index contributed by atoms with van der Waals surface area (Å²) in [4.78, 5) is 27.2. The fourth-order valence-corrected chi connectivity index (χ4v) is 7.73. The Balaban J connectivity index is 0.000000160. The standard InChI is InChI=1S/C25H22FN5O.C24H19F2N5/c1-16-14-31(15-28-16)21-9-4-17(13-23(21)32-3)12-20-24-22(10-11-27-20)30(2)25(29-24)18-5-7-19(26)8-6-18;1-15-13-31(14-28-15)21-8-3-16(11-19(21)26)12-20-23-22(9-10-27-20)30(2)24(29-23)17-4-6-18(25)7-5-17/h4-11,13-15H,12H2,1-3H3;3-11,13-14H,12H2,1-2H3. The zero-order valence-corrected chi connectivity index (χ0v) is 35.1. The minimum Gasteiger partial charge on any atom is -0.495 e. The second-order valence-corrected chi connectivity index (χ2v) is 15.2. The third kappa shape index (κ3) is 8.18. The first-order valence-electron chi connectivity index (χ1n) is 20.1. The Morgan fingerprint density at radius 2 is 1.00 bits per heavy atom. The number of ether oxygens (including phenoxy) is 1. The van der Waals surface area contributed by atoms with Gasteiger partial charge in [-0.1, -0.05) is 12.1 Å². The molecule has 0 saturated carbocycles. The van der Waals surface area contributed by atoms with Crippen LogP contribution >= 0.6 is 0 Å². The van der Waals surface area contributed by atoms with Gasteiger partial charge in [0, 0.05) is 62.9 Å². The molecule has 0 aliphatic rings. The second kappa shape index (κ2) is 16.9. The molecular formula is C49H41F3N10O. The van der Waals surface area contributed by atoms with E-state index in [9.17, 15) is 13.2 Å². The van der Waals surface area contributed by atoms with Crippen molar-refractivity contribution in [1.29, 1.82) is 0 Å².